The molecule has 2 unspecified atom stereocenters. The maximum atomic E-state index is 6.12. The summed E-state index contributed by atoms with van der Waals surface area (Å²) in [5, 5.41) is 3.92. The van der Waals surface area contributed by atoms with Crippen molar-refractivity contribution in [2.45, 2.75) is 76.5 Å². The zero-order valence-electron chi connectivity index (χ0n) is 12.5. The molecule has 1 N–H and O–H groups in total. The second kappa shape index (κ2) is 5.34. The summed E-state index contributed by atoms with van der Waals surface area (Å²) in [6, 6.07) is 1.39. The van der Waals surface area contributed by atoms with Crippen LogP contribution in [0.4, 0.5) is 0 Å². The monoisotopic (exact) mass is 267 g/mol. The van der Waals surface area contributed by atoms with Crippen LogP contribution in [0.25, 0.3) is 0 Å². The number of ether oxygens (including phenoxy) is 2. The van der Waals surface area contributed by atoms with Crippen molar-refractivity contribution in [1.29, 1.82) is 0 Å². The Bertz CT molecular complexity index is 304. The molecular formula is C16H29NO2. The molecule has 1 saturated carbocycles. The maximum absolute atomic E-state index is 6.12. The van der Waals surface area contributed by atoms with Crippen molar-refractivity contribution in [2.75, 3.05) is 19.8 Å². The third-order valence-electron chi connectivity index (χ3n) is 5.34. The largest absolute Gasteiger partial charge is 0.381 e. The Labute approximate surface area is 117 Å². The number of hydrogen-bond acceptors (Lipinski definition) is 3. The van der Waals surface area contributed by atoms with Gasteiger partial charge in [-0.1, -0.05) is 13.8 Å². The van der Waals surface area contributed by atoms with E-state index in [1.165, 1.54) is 32.1 Å². The van der Waals surface area contributed by atoms with Gasteiger partial charge in [0.15, 0.2) is 0 Å². The third kappa shape index (κ3) is 3.32. The number of rotatable bonds is 2. The van der Waals surface area contributed by atoms with E-state index in [0.29, 0.717) is 11.5 Å². The highest BCUT2D eigenvalue weighted by Crippen LogP contribution is 2.39. The SMILES string of the molecule is CC1(C)CCC(NC2CCOC3(CCOCC3)C2)C1. The first-order valence-electron chi connectivity index (χ1n) is 8.05. The molecule has 1 spiro atoms. The maximum Gasteiger partial charge on any atom is 0.0741 e. The Kier molecular flexibility index (Phi) is 3.89. The summed E-state index contributed by atoms with van der Waals surface area (Å²) >= 11 is 0. The Hall–Kier alpha value is -0.120. The van der Waals surface area contributed by atoms with Crippen LogP contribution in [0.2, 0.25) is 0 Å². The molecule has 0 radical (unpaired) electrons. The zero-order valence-corrected chi connectivity index (χ0v) is 12.5. The van der Waals surface area contributed by atoms with E-state index in [2.05, 4.69) is 19.2 Å². The molecule has 0 aromatic carbocycles. The van der Waals surface area contributed by atoms with Gasteiger partial charge in [0.2, 0.25) is 0 Å². The predicted octanol–water partition coefficient (Wildman–Crippen LogP) is 2.88. The summed E-state index contributed by atoms with van der Waals surface area (Å²) in [7, 11) is 0. The quantitative estimate of drug-likeness (QED) is 0.834. The lowest BCUT2D eigenvalue weighted by Gasteiger charge is -2.44. The molecule has 3 heteroatoms. The van der Waals surface area contributed by atoms with Crippen LogP contribution in [0.5, 0.6) is 0 Å². The van der Waals surface area contributed by atoms with Gasteiger partial charge >= 0.3 is 0 Å². The average Bonchev–Trinajstić information content (AvgIpc) is 2.70. The molecular weight excluding hydrogens is 238 g/mol. The molecule has 1 aliphatic carbocycles. The Morgan fingerprint density at radius 2 is 1.63 bits per heavy atom. The van der Waals surface area contributed by atoms with Gasteiger partial charge in [-0.3, -0.25) is 0 Å². The van der Waals surface area contributed by atoms with E-state index in [1.807, 2.05) is 0 Å². The Morgan fingerprint density at radius 3 is 2.32 bits per heavy atom. The number of hydrogen-bond donors (Lipinski definition) is 1. The molecule has 0 bridgehead atoms. The van der Waals surface area contributed by atoms with E-state index in [0.717, 1.165) is 38.7 Å². The molecule has 3 fully saturated rings. The summed E-state index contributed by atoms with van der Waals surface area (Å²) < 4.78 is 11.6. The summed E-state index contributed by atoms with van der Waals surface area (Å²) in [6.45, 7) is 7.48. The summed E-state index contributed by atoms with van der Waals surface area (Å²) in [4.78, 5) is 0. The average molecular weight is 267 g/mol. The minimum absolute atomic E-state index is 0.127. The lowest BCUT2D eigenvalue weighted by Crippen LogP contribution is -2.51. The van der Waals surface area contributed by atoms with Crippen molar-refractivity contribution in [2.24, 2.45) is 5.41 Å². The first-order chi connectivity index (χ1) is 9.07. The highest BCUT2D eigenvalue weighted by atomic mass is 16.5. The fourth-order valence-electron chi connectivity index (χ4n) is 4.17. The lowest BCUT2D eigenvalue weighted by molar-refractivity contribution is -0.140. The topological polar surface area (TPSA) is 30.5 Å². The van der Waals surface area contributed by atoms with Crippen LogP contribution in [0.1, 0.15) is 58.8 Å². The second-order valence-corrected chi connectivity index (χ2v) is 7.60. The normalized spacial score (nSPS) is 37.6. The summed E-state index contributed by atoms with van der Waals surface area (Å²) in [5.41, 5.74) is 0.668. The van der Waals surface area contributed by atoms with Crippen LogP contribution in [0, 0.1) is 5.41 Å². The molecule has 19 heavy (non-hydrogen) atoms. The minimum atomic E-state index is 0.127. The van der Waals surface area contributed by atoms with Crippen LogP contribution >= 0.6 is 0 Å². The van der Waals surface area contributed by atoms with Crippen LogP contribution in [-0.2, 0) is 9.47 Å². The highest BCUT2D eigenvalue weighted by Gasteiger charge is 2.40. The fourth-order valence-corrected chi connectivity index (χ4v) is 4.17. The molecule has 0 amide bonds. The van der Waals surface area contributed by atoms with E-state index in [-0.39, 0.29) is 5.60 Å². The molecule has 0 aromatic heterocycles. The van der Waals surface area contributed by atoms with Crippen molar-refractivity contribution in [3.63, 3.8) is 0 Å². The van der Waals surface area contributed by atoms with Crippen LogP contribution < -0.4 is 5.32 Å². The van der Waals surface area contributed by atoms with Gasteiger partial charge in [-0.25, -0.2) is 0 Å². The van der Waals surface area contributed by atoms with Gasteiger partial charge in [0.25, 0.3) is 0 Å². The lowest BCUT2D eigenvalue weighted by atomic mass is 9.83. The first-order valence-corrected chi connectivity index (χ1v) is 8.05. The standard InChI is InChI=1S/C16H29NO2/c1-15(2)5-3-13(11-15)17-14-4-8-19-16(12-14)6-9-18-10-7-16/h13-14,17H,3-12H2,1-2H3. The molecule has 2 atom stereocenters. The molecule has 0 aromatic rings. The molecule has 2 aliphatic heterocycles. The van der Waals surface area contributed by atoms with Gasteiger partial charge in [0.05, 0.1) is 5.60 Å². The van der Waals surface area contributed by atoms with Gasteiger partial charge in [0, 0.05) is 31.9 Å². The molecule has 2 saturated heterocycles. The Balaban J connectivity index is 1.54. The van der Waals surface area contributed by atoms with E-state index in [1.54, 1.807) is 0 Å². The molecule has 3 aliphatic rings. The second-order valence-electron chi connectivity index (χ2n) is 7.60. The third-order valence-corrected chi connectivity index (χ3v) is 5.34. The molecule has 3 rings (SSSR count). The van der Waals surface area contributed by atoms with Gasteiger partial charge < -0.3 is 14.8 Å². The molecule has 2 heterocycles. The van der Waals surface area contributed by atoms with Crippen LogP contribution in [-0.4, -0.2) is 37.5 Å². The van der Waals surface area contributed by atoms with E-state index < -0.39 is 0 Å². The minimum Gasteiger partial charge on any atom is -0.381 e. The fraction of sp³-hybridized carbons (Fsp3) is 1.00. The van der Waals surface area contributed by atoms with Gasteiger partial charge in [-0.2, -0.15) is 0 Å². The van der Waals surface area contributed by atoms with E-state index in [4.69, 9.17) is 9.47 Å². The highest BCUT2D eigenvalue weighted by molar-refractivity contribution is 4.94. The molecule has 3 nitrogen and oxygen atoms in total. The smallest absolute Gasteiger partial charge is 0.0741 e. The van der Waals surface area contributed by atoms with Gasteiger partial charge in [0.1, 0.15) is 0 Å². The zero-order chi connectivity index (χ0) is 13.3. The van der Waals surface area contributed by atoms with Crippen molar-refractivity contribution in [1.82, 2.24) is 5.32 Å². The summed E-state index contributed by atoms with van der Waals surface area (Å²) in [5.74, 6) is 0. The van der Waals surface area contributed by atoms with E-state index >= 15 is 0 Å². The summed E-state index contributed by atoms with van der Waals surface area (Å²) in [6.07, 6.45) is 8.59. The van der Waals surface area contributed by atoms with Crippen LogP contribution in [0.15, 0.2) is 0 Å². The van der Waals surface area contributed by atoms with Gasteiger partial charge in [-0.05, 0) is 50.4 Å². The van der Waals surface area contributed by atoms with Crippen molar-refractivity contribution in [3.8, 4) is 0 Å². The molecule has 110 valence electrons. The van der Waals surface area contributed by atoms with Crippen molar-refractivity contribution in [3.05, 3.63) is 0 Å². The van der Waals surface area contributed by atoms with Crippen molar-refractivity contribution >= 4 is 0 Å². The number of nitrogens with one attached hydrogen (secondary N) is 1. The predicted molar refractivity (Wildman–Crippen MR) is 76.3 cm³/mol. The van der Waals surface area contributed by atoms with Crippen LogP contribution in [0.3, 0.4) is 0 Å². The van der Waals surface area contributed by atoms with Crippen molar-refractivity contribution < 1.29 is 9.47 Å². The van der Waals surface area contributed by atoms with E-state index in [9.17, 15) is 0 Å². The van der Waals surface area contributed by atoms with Gasteiger partial charge in [-0.15, -0.1) is 0 Å². The first kappa shape index (κ1) is 13.8. The Morgan fingerprint density at radius 1 is 0.895 bits per heavy atom.